The number of hydrogen-bond donors (Lipinski definition) is 0. The number of pyridine rings is 1. The molecule has 0 saturated carbocycles. The van der Waals surface area contributed by atoms with E-state index in [9.17, 15) is 0 Å². The minimum atomic E-state index is -0.156. The minimum Gasteiger partial charge on any atom is -0.457 e. The van der Waals surface area contributed by atoms with Gasteiger partial charge in [-0.25, -0.2) is 4.98 Å². The molecular formula is C55H48N4O. The van der Waals surface area contributed by atoms with Crippen LogP contribution in [0, 0.1) is 0 Å². The normalized spacial score (nSPS) is 12.9. The first-order valence-corrected chi connectivity index (χ1v) is 20.8. The molecule has 0 fully saturated rings. The highest BCUT2D eigenvalue weighted by atomic mass is 16.5. The van der Waals surface area contributed by atoms with Crippen LogP contribution in [0.1, 0.15) is 51.3 Å². The highest BCUT2D eigenvalue weighted by Crippen LogP contribution is 2.47. The predicted octanol–water partition coefficient (Wildman–Crippen LogP) is 14.5. The molecule has 1 aliphatic rings. The number of rotatable bonds is 8. The van der Waals surface area contributed by atoms with Gasteiger partial charge in [-0.05, 0) is 100.0 Å². The number of aromatic nitrogens is 2. The van der Waals surface area contributed by atoms with Gasteiger partial charge in [-0.3, -0.25) is 4.57 Å². The zero-order chi connectivity index (χ0) is 41.0. The Morgan fingerprint density at radius 1 is 0.467 bits per heavy atom. The topological polar surface area (TPSA) is 33.5 Å². The fraction of sp³-hybridized carbons (Fsp3) is 0.145. The van der Waals surface area contributed by atoms with E-state index in [0.717, 1.165) is 61.9 Å². The van der Waals surface area contributed by atoms with Gasteiger partial charge in [0.15, 0.2) is 0 Å². The van der Waals surface area contributed by atoms with E-state index in [1.807, 2.05) is 6.20 Å². The lowest BCUT2D eigenvalue weighted by Gasteiger charge is -2.28. The molecule has 60 heavy (non-hydrogen) atoms. The van der Waals surface area contributed by atoms with E-state index < -0.39 is 0 Å². The van der Waals surface area contributed by atoms with Crippen molar-refractivity contribution in [3.05, 3.63) is 205 Å². The summed E-state index contributed by atoms with van der Waals surface area (Å²) < 4.78 is 9.20. The van der Waals surface area contributed by atoms with Gasteiger partial charge >= 0.3 is 0 Å². The van der Waals surface area contributed by atoms with Crippen LogP contribution in [0.2, 0.25) is 0 Å². The standard InChI is InChI=1S/C55H48N4O/c1-54(2,3)41-29-30-56-53(34-41)59-49-24-13-12-23-47(49)48-28-27-45(36-52(48)59)60-46-32-39(38-17-8-6-9-18-38)31-44(35-46)58-37-57(50-25-14-15-26-51(50)58)43-22-16-21-42(33-43)55(4,5)40-19-10-7-11-20-40/h6-36H,37H2,1-5H3. The summed E-state index contributed by atoms with van der Waals surface area (Å²) in [5.74, 6) is 2.42. The van der Waals surface area contributed by atoms with E-state index in [4.69, 9.17) is 9.72 Å². The zero-order valence-corrected chi connectivity index (χ0v) is 34.8. The number of anilines is 4. The third-order valence-corrected chi connectivity index (χ3v) is 12.2. The Balaban J connectivity index is 1.05. The lowest BCUT2D eigenvalue weighted by molar-refractivity contribution is 0.483. The van der Waals surface area contributed by atoms with Crippen LogP contribution < -0.4 is 14.5 Å². The van der Waals surface area contributed by atoms with Gasteiger partial charge in [0.1, 0.15) is 24.0 Å². The van der Waals surface area contributed by atoms with Crippen molar-refractivity contribution in [3.63, 3.8) is 0 Å². The van der Waals surface area contributed by atoms with Crippen molar-refractivity contribution >= 4 is 44.6 Å². The molecule has 0 aliphatic carbocycles. The van der Waals surface area contributed by atoms with Crippen LogP contribution in [0.15, 0.2) is 188 Å². The third kappa shape index (κ3) is 6.66. The summed E-state index contributed by atoms with van der Waals surface area (Å²) in [6.07, 6.45) is 1.92. The first-order chi connectivity index (χ1) is 29.1. The molecule has 9 aromatic rings. The summed E-state index contributed by atoms with van der Waals surface area (Å²) >= 11 is 0. The van der Waals surface area contributed by atoms with E-state index in [-0.39, 0.29) is 10.8 Å². The average Bonchev–Trinajstić information content (AvgIpc) is 3.83. The summed E-state index contributed by atoms with van der Waals surface area (Å²) in [4.78, 5) is 9.72. The number of benzene rings is 7. The lowest BCUT2D eigenvalue weighted by Crippen LogP contribution is -2.25. The van der Waals surface area contributed by atoms with Gasteiger partial charge in [-0.2, -0.15) is 0 Å². The van der Waals surface area contributed by atoms with Crippen LogP contribution in [-0.2, 0) is 10.8 Å². The molecule has 5 heteroatoms. The van der Waals surface area contributed by atoms with Gasteiger partial charge in [-0.15, -0.1) is 0 Å². The fourth-order valence-electron chi connectivity index (χ4n) is 8.74. The lowest BCUT2D eigenvalue weighted by atomic mass is 9.78. The first-order valence-electron chi connectivity index (χ1n) is 20.8. The molecule has 5 nitrogen and oxygen atoms in total. The number of ether oxygens (including phenoxy) is 1. The molecule has 0 amide bonds. The molecule has 0 bridgehead atoms. The van der Waals surface area contributed by atoms with Gasteiger partial charge in [-0.1, -0.05) is 138 Å². The van der Waals surface area contributed by atoms with Crippen LogP contribution in [0.5, 0.6) is 11.5 Å². The maximum atomic E-state index is 6.93. The molecule has 0 N–H and O–H groups in total. The quantitative estimate of drug-likeness (QED) is 0.154. The Morgan fingerprint density at radius 3 is 1.90 bits per heavy atom. The van der Waals surface area contributed by atoms with E-state index in [1.54, 1.807) is 0 Å². The third-order valence-electron chi connectivity index (χ3n) is 12.2. The Hall–Kier alpha value is -7.11. The molecule has 0 saturated heterocycles. The van der Waals surface area contributed by atoms with E-state index in [2.05, 4.69) is 231 Å². The molecule has 0 spiro atoms. The van der Waals surface area contributed by atoms with Gasteiger partial charge in [0.2, 0.25) is 0 Å². The monoisotopic (exact) mass is 780 g/mol. The maximum absolute atomic E-state index is 6.93. The summed E-state index contributed by atoms with van der Waals surface area (Å²) in [6.45, 7) is 12.0. The van der Waals surface area contributed by atoms with Crippen molar-refractivity contribution in [1.29, 1.82) is 0 Å². The van der Waals surface area contributed by atoms with Gasteiger partial charge in [0.25, 0.3) is 0 Å². The van der Waals surface area contributed by atoms with Crippen molar-refractivity contribution in [2.45, 2.75) is 45.4 Å². The van der Waals surface area contributed by atoms with E-state index in [0.29, 0.717) is 6.67 Å². The van der Waals surface area contributed by atoms with Crippen molar-refractivity contribution < 1.29 is 4.74 Å². The highest BCUT2D eigenvalue weighted by molar-refractivity contribution is 6.09. The molecule has 0 atom stereocenters. The van der Waals surface area contributed by atoms with Crippen LogP contribution in [0.3, 0.4) is 0 Å². The van der Waals surface area contributed by atoms with Crippen molar-refractivity contribution in [2.75, 3.05) is 16.5 Å². The van der Waals surface area contributed by atoms with E-state index >= 15 is 0 Å². The van der Waals surface area contributed by atoms with Gasteiger partial charge in [0.05, 0.1) is 22.4 Å². The average molecular weight is 781 g/mol. The summed E-state index contributed by atoms with van der Waals surface area (Å²) in [5.41, 5.74) is 12.6. The Morgan fingerprint density at radius 2 is 1.13 bits per heavy atom. The van der Waals surface area contributed by atoms with Crippen LogP contribution in [0.4, 0.5) is 22.7 Å². The largest absolute Gasteiger partial charge is 0.457 e. The van der Waals surface area contributed by atoms with E-state index in [1.165, 1.54) is 27.8 Å². The second-order valence-corrected chi connectivity index (χ2v) is 17.4. The zero-order valence-electron chi connectivity index (χ0n) is 34.8. The van der Waals surface area contributed by atoms with Gasteiger partial charge in [0, 0.05) is 45.9 Å². The second-order valence-electron chi connectivity index (χ2n) is 17.4. The van der Waals surface area contributed by atoms with Crippen molar-refractivity contribution in [2.24, 2.45) is 0 Å². The Kier molecular flexibility index (Phi) is 9.06. The molecule has 7 aromatic carbocycles. The van der Waals surface area contributed by atoms with Crippen molar-refractivity contribution in [1.82, 2.24) is 9.55 Å². The molecule has 0 radical (unpaired) electrons. The summed E-state index contributed by atoms with van der Waals surface area (Å²) in [6, 6.07) is 65.0. The second kappa shape index (κ2) is 14.6. The molecule has 10 rings (SSSR count). The van der Waals surface area contributed by atoms with Crippen LogP contribution >= 0.6 is 0 Å². The maximum Gasteiger partial charge on any atom is 0.137 e. The number of nitrogens with zero attached hydrogens (tertiary/aromatic N) is 4. The van der Waals surface area contributed by atoms with Crippen LogP contribution in [-0.4, -0.2) is 16.2 Å². The van der Waals surface area contributed by atoms with Crippen molar-refractivity contribution in [3.8, 4) is 28.4 Å². The number of fused-ring (bicyclic) bond motifs is 4. The SMILES string of the molecule is CC(C)(C)c1ccnc(-n2c3ccccc3c3ccc(Oc4cc(-c5ccccc5)cc(N5CN(c6cccc(C(C)(C)c7ccccc7)c6)c6ccccc65)c4)cc32)c1. The number of para-hydroxylation sites is 3. The smallest absolute Gasteiger partial charge is 0.137 e. The minimum absolute atomic E-state index is 0.0115. The molecule has 3 heterocycles. The molecule has 294 valence electrons. The molecular weight excluding hydrogens is 733 g/mol. The Bertz CT molecular complexity index is 3010. The Labute approximate surface area is 352 Å². The van der Waals surface area contributed by atoms with Gasteiger partial charge < -0.3 is 14.5 Å². The van der Waals surface area contributed by atoms with Crippen LogP contribution in [0.25, 0.3) is 38.8 Å². The summed E-state index contributed by atoms with van der Waals surface area (Å²) in [5, 5.41) is 2.34. The molecule has 0 unspecified atom stereocenters. The number of hydrogen-bond acceptors (Lipinski definition) is 4. The molecule has 1 aliphatic heterocycles. The highest BCUT2D eigenvalue weighted by Gasteiger charge is 2.30. The first kappa shape index (κ1) is 37.2. The fourth-order valence-corrected chi connectivity index (χ4v) is 8.74. The summed E-state index contributed by atoms with van der Waals surface area (Å²) in [7, 11) is 0. The predicted molar refractivity (Wildman–Crippen MR) is 250 cm³/mol. The molecule has 2 aromatic heterocycles.